The van der Waals surface area contributed by atoms with Crippen LogP contribution in [0.4, 0.5) is 5.69 Å². The normalized spacial score (nSPS) is 14.5. The number of rotatable bonds is 4. The molecule has 0 spiro atoms. The third-order valence-electron chi connectivity index (χ3n) is 3.64. The number of halogens is 1. The molecule has 4 nitrogen and oxygen atoms in total. The number of amides is 1. The molecular weight excluding hydrogens is 332 g/mol. The van der Waals surface area contributed by atoms with Gasteiger partial charge in [0.25, 0.3) is 5.91 Å². The fraction of sp³-hybridized carbons (Fsp3) is 0.176. The molecule has 1 fully saturated rings. The highest BCUT2D eigenvalue weighted by atomic mass is 35.5. The number of anilines is 1. The standard InChI is InChI=1S/C17H15ClN2O2S/c1-22-15-8-7-13(18)9-14(15)20-16(21)11-19(17(20)23)10-12-5-3-2-4-6-12/h2-9H,10-11H2,1H3. The first kappa shape index (κ1) is 15.8. The summed E-state index contributed by atoms with van der Waals surface area (Å²) in [4.78, 5) is 15.8. The van der Waals surface area contributed by atoms with Crippen molar-refractivity contribution in [2.75, 3.05) is 18.6 Å². The number of hydrogen-bond acceptors (Lipinski definition) is 3. The van der Waals surface area contributed by atoms with Crippen molar-refractivity contribution in [2.45, 2.75) is 6.54 Å². The van der Waals surface area contributed by atoms with Gasteiger partial charge in [0.15, 0.2) is 5.11 Å². The maximum absolute atomic E-state index is 12.5. The molecule has 1 aliphatic heterocycles. The fourth-order valence-electron chi connectivity index (χ4n) is 2.55. The van der Waals surface area contributed by atoms with Crippen LogP contribution in [-0.4, -0.2) is 29.6 Å². The zero-order chi connectivity index (χ0) is 16.4. The van der Waals surface area contributed by atoms with Gasteiger partial charge in [0.1, 0.15) is 12.3 Å². The number of methoxy groups -OCH3 is 1. The van der Waals surface area contributed by atoms with Crippen molar-refractivity contribution >= 4 is 40.5 Å². The van der Waals surface area contributed by atoms with Crippen molar-refractivity contribution in [2.24, 2.45) is 0 Å². The zero-order valence-corrected chi connectivity index (χ0v) is 14.1. The molecule has 1 saturated heterocycles. The Morgan fingerprint density at radius 1 is 1.22 bits per heavy atom. The highest BCUT2D eigenvalue weighted by Crippen LogP contribution is 2.34. The Bertz CT molecular complexity index is 752. The highest BCUT2D eigenvalue weighted by molar-refractivity contribution is 7.80. The maximum Gasteiger partial charge on any atom is 0.253 e. The molecule has 2 aromatic carbocycles. The van der Waals surface area contributed by atoms with E-state index in [1.807, 2.05) is 35.2 Å². The molecule has 118 valence electrons. The summed E-state index contributed by atoms with van der Waals surface area (Å²) in [5, 5.41) is 0.984. The molecule has 0 unspecified atom stereocenters. The lowest BCUT2D eigenvalue weighted by atomic mass is 10.2. The number of carbonyl (C=O) groups excluding carboxylic acids is 1. The van der Waals surface area contributed by atoms with Crippen LogP contribution in [0.25, 0.3) is 0 Å². The average Bonchev–Trinajstić information content (AvgIpc) is 2.82. The van der Waals surface area contributed by atoms with Crippen LogP contribution in [0.5, 0.6) is 5.75 Å². The average molecular weight is 347 g/mol. The van der Waals surface area contributed by atoms with E-state index in [9.17, 15) is 4.79 Å². The molecule has 0 aromatic heterocycles. The molecular formula is C17H15ClN2O2S. The molecule has 1 aliphatic rings. The number of carbonyl (C=O) groups is 1. The maximum atomic E-state index is 12.5. The van der Waals surface area contributed by atoms with Crippen LogP contribution in [0.2, 0.25) is 5.02 Å². The summed E-state index contributed by atoms with van der Waals surface area (Å²) in [6.45, 7) is 0.828. The molecule has 0 saturated carbocycles. The molecule has 0 radical (unpaired) electrons. The van der Waals surface area contributed by atoms with Gasteiger partial charge in [0.2, 0.25) is 0 Å². The summed E-state index contributed by atoms with van der Waals surface area (Å²) < 4.78 is 5.33. The minimum Gasteiger partial charge on any atom is -0.495 e. The van der Waals surface area contributed by atoms with Gasteiger partial charge >= 0.3 is 0 Å². The fourth-order valence-corrected chi connectivity index (χ4v) is 3.05. The molecule has 6 heteroatoms. The van der Waals surface area contributed by atoms with Crippen LogP contribution in [0.1, 0.15) is 5.56 Å². The lowest BCUT2D eigenvalue weighted by Crippen LogP contribution is -2.32. The predicted octanol–water partition coefficient (Wildman–Crippen LogP) is 3.48. The first-order chi connectivity index (χ1) is 11.1. The van der Waals surface area contributed by atoms with Crippen molar-refractivity contribution < 1.29 is 9.53 Å². The molecule has 1 amide bonds. The largest absolute Gasteiger partial charge is 0.495 e. The van der Waals surface area contributed by atoms with Crippen molar-refractivity contribution in [3.63, 3.8) is 0 Å². The van der Waals surface area contributed by atoms with Crippen LogP contribution in [0.15, 0.2) is 48.5 Å². The molecule has 0 aliphatic carbocycles. The van der Waals surface area contributed by atoms with E-state index in [1.54, 1.807) is 25.3 Å². The second kappa shape index (κ2) is 6.56. The summed E-state index contributed by atoms with van der Waals surface area (Å²) >= 11 is 11.6. The van der Waals surface area contributed by atoms with E-state index >= 15 is 0 Å². The van der Waals surface area contributed by atoms with Gasteiger partial charge in [-0.1, -0.05) is 41.9 Å². The van der Waals surface area contributed by atoms with Crippen molar-refractivity contribution in [3.8, 4) is 5.75 Å². The Hall–Kier alpha value is -2.11. The second-order valence-electron chi connectivity index (χ2n) is 5.17. The molecule has 2 aromatic rings. The van der Waals surface area contributed by atoms with Gasteiger partial charge in [-0.3, -0.25) is 9.69 Å². The Kier molecular flexibility index (Phi) is 4.50. The predicted molar refractivity (Wildman–Crippen MR) is 94.9 cm³/mol. The van der Waals surface area contributed by atoms with E-state index in [1.165, 1.54) is 4.90 Å². The number of nitrogens with zero attached hydrogens (tertiary/aromatic N) is 2. The van der Waals surface area contributed by atoms with Crippen LogP contribution < -0.4 is 9.64 Å². The van der Waals surface area contributed by atoms with Gasteiger partial charge in [-0.25, -0.2) is 0 Å². The summed E-state index contributed by atoms with van der Waals surface area (Å²) in [6.07, 6.45) is 0. The van der Waals surface area contributed by atoms with Gasteiger partial charge in [0, 0.05) is 11.6 Å². The quantitative estimate of drug-likeness (QED) is 0.793. The first-order valence-electron chi connectivity index (χ1n) is 7.09. The number of thiocarbonyl (C=S) groups is 1. The van der Waals surface area contributed by atoms with E-state index < -0.39 is 0 Å². The Morgan fingerprint density at radius 3 is 2.65 bits per heavy atom. The highest BCUT2D eigenvalue weighted by Gasteiger charge is 2.35. The van der Waals surface area contributed by atoms with Crippen molar-refractivity contribution in [1.82, 2.24) is 4.90 Å². The molecule has 1 heterocycles. The molecule has 3 rings (SSSR count). The van der Waals surface area contributed by atoms with E-state index in [-0.39, 0.29) is 12.5 Å². The summed E-state index contributed by atoms with van der Waals surface area (Å²) in [5.41, 5.74) is 1.67. The number of ether oxygens (including phenoxy) is 1. The zero-order valence-electron chi connectivity index (χ0n) is 12.5. The second-order valence-corrected chi connectivity index (χ2v) is 5.97. The Labute approximate surface area is 145 Å². The van der Waals surface area contributed by atoms with Crippen molar-refractivity contribution in [1.29, 1.82) is 0 Å². The smallest absolute Gasteiger partial charge is 0.253 e. The Morgan fingerprint density at radius 2 is 1.96 bits per heavy atom. The minimum absolute atomic E-state index is 0.0912. The minimum atomic E-state index is -0.0912. The SMILES string of the molecule is COc1ccc(Cl)cc1N1C(=O)CN(Cc2ccccc2)C1=S. The number of hydrogen-bond donors (Lipinski definition) is 0. The van der Waals surface area contributed by atoms with Gasteiger partial charge in [-0.2, -0.15) is 0 Å². The van der Waals surface area contributed by atoms with E-state index in [0.29, 0.717) is 28.1 Å². The van der Waals surface area contributed by atoms with E-state index in [2.05, 4.69) is 0 Å². The third kappa shape index (κ3) is 3.16. The lowest BCUT2D eigenvalue weighted by Gasteiger charge is -2.22. The van der Waals surface area contributed by atoms with Crippen LogP contribution in [0, 0.1) is 0 Å². The topological polar surface area (TPSA) is 32.8 Å². The van der Waals surface area contributed by atoms with Crippen molar-refractivity contribution in [3.05, 3.63) is 59.1 Å². The van der Waals surface area contributed by atoms with Crippen LogP contribution in [-0.2, 0) is 11.3 Å². The molecule has 0 bridgehead atoms. The molecule has 23 heavy (non-hydrogen) atoms. The number of benzene rings is 2. The van der Waals surface area contributed by atoms with Gasteiger partial charge in [0.05, 0.1) is 12.8 Å². The first-order valence-corrected chi connectivity index (χ1v) is 7.88. The van der Waals surface area contributed by atoms with Crippen LogP contribution >= 0.6 is 23.8 Å². The summed E-state index contributed by atoms with van der Waals surface area (Å²) in [7, 11) is 1.55. The Balaban J connectivity index is 1.89. The van der Waals surface area contributed by atoms with E-state index in [0.717, 1.165) is 5.56 Å². The van der Waals surface area contributed by atoms with Gasteiger partial charge in [-0.05, 0) is 36.0 Å². The van der Waals surface area contributed by atoms with Gasteiger partial charge < -0.3 is 9.64 Å². The van der Waals surface area contributed by atoms with Gasteiger partial charge in [-0.15, -0.1) is 0 Å². The monoisotopic (exact) mass is 346 g/mol. The molecule has 0 atom stereocenters. The lowest BCUT2D eigenvalue weighted by molar-refractivity contribution is -0.116. The summed E-state index contributed by atoms with van der Waals surface area (Å²) in [6, 6.07) is 15.0. The summed E-state index contributed by atoms with van der Waals surface area (Å²) in [5.74, 6) is 0.471. The third-order valence-corrected chi connectivity index (χ3v) is 4.31. The molecule has 0 N–H and O–H groups in total. The van der Waals surface area contributed by atoms with E-state index in [4.69, 9.17) is 28.6 Å². The van der Waals surface area contributed by atoms with Crippen LogP contribution in [0.3, 0.4) is 0 Å².